The van der Waals surface area contributed by atoms with Crippen molar-refractivity contribution >= 4 is 49.1 Å². The summed E-state index contributed by atoms with van der Waals surface area (Å²) in [5.41, 5.74) is 3.08. The van der Waals surface area contributed by atoms with Crippen molar-refractivity contribution < 1.29 is 9.53 Å². The van der Waals surface area contributed by atoms with Gasteiger partial charge in [-0.3, -0.25) is 4.68 Å². The van der Waals surface area contributed by atoms with Crippen LogP contribution >= 0.6 is 27.3 Å². The summed E-state index contributed by atoms with van der Waals surface area (Å²) in [6.45, 7) is 3.82. The van der Waals surface area contributed by atoms with E-state index in [4.69, 9.17) is 4.74 Å². The van der Waals surface area contributed by atoms with Gasteiger partial charge in [-0.1, -0.05) is 0 Å². The fourth-order valence-electron chi connectivity index (χ4n) is 2.65. The molecule has 128 valence electrons. The number of carbonyl (C=O) groups is 1. The highest BCUT2D eigenvalue weighted by molar-refractivity contribution is 9.10. The number of halogens is 1. The minimum absolute atomic E-state index is 0.374. The number of esters is 1. The topological polar surface area (TPSA) is 87.2 Å². The number of aryl methyl sites for hydroxylation is 2. The summed E-state index contributed by atoms with van der Waals surface area (Å²) in [5.74, 6) is 0.122. The molecule has 0 aromatic carbocycles. The molecule has 0 N–H and O–H groups in total. The van der Waals surface area contributed by atoms with Crippen molar-refractivity contribution in [3.63, 3.8) is 0 Å². The van der Waals surface area contributed by atoms with Gasteiger partial charge in [0.05, 0.1) is 17.0 Å². The van der Waals surface area contributed by atoms with E-state index in [1.54, 1.807) is 15.5 Å². The van der Waals surface area contributed by atoms with Gasteiger partial charge in [0.15, 0.2) is 5.65 Å². The molecule has 0 atom stereocenters. The van der Waals surface area contributed by atoms with E-state index < -0.39 is 0 Å². The summed E-state index contributed by atoms with van der Waals surface area (Å²) < 4.78 is 9.07. The maximum absolute atomic E-state index is 12.0. The van der Waals surface area contributed by atoms with Crippen LogP contribution in [0.25, 0.3) is 27.4 Å². The predicted molar refractivity (Wildman–Crippen MR) is 96.9 cm³/mol. The number of rotatable bonds is 2. The van der Waals surface area contributed by atoms with Crippen LogP contribution in [-0.2, 0) is 11.8 Å². The second-order valence-corrected chi connectivity index (χ2v) is 7.34. The first-order valence-corrected chi connectivity index (χ1v) is 8.95. The van der Waals surface area contributed by atoms with Crippen LogP contribution in [0.1, 0.15) is 20.9 Å². The lowest BCUT2D eigenvalue weighted by Gasteiger charge is -1.96. The molecule has 8 nitrogen and oxygen atoms in total. The number of hydrogen-bond donors (Lipinski definition) is 0. The van der Waals surface area contributed by atoms with Crippen LogP contribution in [0.5, 0.6) is 0 Å². The maximum atomic E-state index is 12.0. The number of ether oxygens (including phenoxy) is 1. The molecular formula is C15H13BrN6O2S. The van der Waals surface area contributed by atoms with Crippen molar-refractivity contribution in [2.45, 2.75) is 13.8 Å². The number of fused-ring (bicyclic) bond motifs is 3. The van der Waals surface area contributed by atoms with Gasteiger partial charge in [-0.2, -0.15) is 5.10 Å². The molecule has 0 aliphatic heterocycles. The van der Waals surface area contributed by atoms with Gasteiger partial charge in [0.1, 0.15) is 21.7 Å². The van der Waals surface area contributed by atoms with E-state index in [0.29, 0.717) is 22.0 Å². The lowest BCUT2D eigenvalue weighted by molar-refractivity contribution is 0.0605. The summed E-state index contributed by atoms with van der Waals surface area (Å²) in [5, 5.41) is 9.75. The molecule has 0 unspecified atom stereocenters. The van der Waals surface area contributed by atoms with Crippen LogP contribution < -0.4 is 0 Å². The van der Waals surface area contributed by atoms with E-state index in [9.17, 15) is 4.79 Å². The Bertz CT molecular complexity index is 1160. The van der Waals surface area contributed by atoms with Gasteiger partial charge in [-0.05, 0) is 35.3 Å². The molecule has 25 heavy (non-hydrogen) atoms. The van der Waals surface area contributed by atoms with Crippen LogP contribution in [0, 0.1) is 13.8 Å². The lowest BCUT2D eigenvalue weighted by atomic mass is 10.2. The second kappa shape index (κ2) is 5.60. The number of methoxy groups -OCH3 is 1. The standard InChI is InChI=1S/C15H13BrN6O2S/c1-6-8-13-18-12(10-9(16)7(2)21(3)19-10)20-22(13)5-17-14(8)25-11(6)15(23)24-4/h5H,1-4H3. The number of carbonyl (C=O) groups excluding carboxylic acids is 1. The van der Waals surface area contributed by atoms with Gasteiger partial charge in [0.25, 0.3) is 0 Å². The molecule has 0 bridgehead atoms. The average molecular weight is 421 g/mol. The maximum Gasteiger partial charge on any atom is 0.348 e. The Morgan fingerprint density at radius 1 is 1.32 bits per heavy atom. The van der Waals surface area contributed by atoms with Crippen molar-refractivity contribution in [1.82, 2.24) is 29.4 Å². The summed E-state index contributed by atoms with van der Waals surface area (Å²) in [7, 11) is 3.23. The quantitative estimate of drug-likeness (QED) is 0.463. The Kier molecular flexibility index (Phi) is 3.62. The van der Waals surface area contributed by atoms with Crippen molar-refractivity contribution in [1.29, 1.82) is 0 Å². The van der Waals surface area contributed by atoms with Crippen LogP contribution in [0.2, 0.25) is 0 Å². The molecule has 0 spiro atoms. The van der Waals surface area contributed by atoms with E-state index in [1.165, 1.54) is 18.4 Å². The smallest absolute Gasteiger partial charge is 0.348 e. The van der Waals surface area contributed by atoms with Gasteiger partial charge in [0.2, 0.25) is 5.82 Å². The Morgan fingerprint density at radius 2 is 2.08 bits per heavy atom. The molecule has 0 fully saturated rings. The number of thiophene rings is 1. The normalized spacial score (nSPS) is 11.6. The van der Waals surface area contributed by atoms with Crippen LogP contribution in [0.3, 0.4) is 0 Å². The lowest BCUT2D eigenvalue weighted by Crippen LogP contribution is -1.99. The first kappa shape index (κ1) is 16.2. The summed E-state index contributed by atoms with van der Waals surface area (Å²) >= 11 is 4.83. The molecule has 10 heteroatoms. The van der Waals surface area contributed by atoms with E-state index in [2.05, 4.69) is 36.1 Å². The number of aromatic nitrogens is 6. The van der Waals surface area contributed by atoms with Gasteiger partial charge >= 0.3 is 5.97 Å². The van der Waals surface area contributed by atoms with Gasteiger partial charge in [0, 0.05) is 12.7 Å². The molecule has 4 aromatic rings. The zero-order chi connectivity index (χ0) is 17.9. The van der Waals surface area contributed by atoms with E-state index in [-0.39, 0.29) is 5.97 Å². The van der Waals surface area contributed by atoms with E-state index in [0.717, 1.165) is 25.9 Å². The second-order valence-electron chi connectivity index (χ2n) is 5.55. The molecule has 0 aliphatic rings. The molecule has 4 heterocycles. The molecule has 0 saturated carbocycles. The number of nitrogens with zero attached hydrogens (tertiary/aromatic N) is 6. The summed E-state index contributed by atoms with van der Waals surface area (Å²) in [6.07, 6.45) is 1.59. The highest BCUT2D eigenvalue weighted by Crippen LogP contribution is 2.34. The van der Waals surface area contributed by atoms with Gasteiger partial charge < -0.3 is 4.74 Å². The minimum atomic E-state index is -0.374. The zero-order valence-electron chi connectivity index (χ0n) is 13.9. The average Bonchev–Trinajstić information content (AvgIpc) is 3.24. The molecule has 4 rings (SSSR count). The Morgan fingerprint density at radius 3 is 2.72 bits per heavy atom. The minimum Gasteiger partial charge on any atom is -0.465 e. The fraction of sp³-hybridized carbons (Fsp3) is 0.267. The highest BCUT2D eigenvalue weighted by Gasteiger charge is 2.22. The first-order valence-electron chi connectivity index (χ1n) is 7.34. The monoisotopic (exact) mass is 420 g/mol. The number of hydrogen-bond acceptors (Lipinski definition) is 7. The molecule has 0 saturated heterocycles. The summed E-state index contributed by atoms with van der Waals surface area (Å²) in [6, 6.07) is 0. The van der Waals surface area contributed by atoms with Crippen LogP contribution in [0.15, 0.2) is 10.8 Å². The molecule has 0 aliphatic carbocycles. The zero-order valence-corrected chi connectivity index (χ0v) is 16.3. The first-order chi connectivity index (χ1) is 11.9. The van der Waals surface area contributed by atoms with Crippen LogP contribution in [-0.4, -0.2) is 42.4 Å². The van der Waals surface area contributed by atoms with Crippen molar-refractivity contribution in [3.8, 4) is 11.5 Å². The third-order valence-electron chi connectivity index (χ3n) is 4.11. The fourth-order valence-corrected chi connectivity index (χ4v) is 4.22. The molecular weight excluding hydrogens is 408 g/mol. The third kappa shape index (κ3) is 2.28. The summed E-state index contributed by atoms with van der Waals surface area (Å²) in [4.78, 5) is 22.2. The van der Waals surface area contributed by atoms with Gasteiger partial charge in [-0.25, -0.2) is 19.3 Å². The third-order valence-corrected chi connectivity index (χ3v) is 6.24. The van der Waals surface area contributed by atoms with E-state index >= 15 is 0 Å². The molecule has 0 radical (unpaired) electrons. The Balaban J connectivity index is 1.99. The molecule has 0 amide bonds. The largest absolute Gasteiger partial charge is 0.465 e. The Labute approximate surface area is 154 Å². The van der Waals surface area contributed by atoms with Crippen molar-refractivity contribution in [2.24, 2.45) is 7.05 Å². The predicted octanol–water partition coefficient (Wildman–Crippen LogP) is 2.91. The van der Waals surface area contributed by atoms with Crippen LogP contribution in [0.4, 0.5) is 0 Å². The van der Waals surface area contributed by atoms with Crippen molar-refractivity contribution in [2.75, 3.05) is 7.11 Å². The van der Waals surface area contributed by atoms with E-state index in [1.807, 2.05) is 20.9 Å². The molecule has 4 aromatic heterocycles. The van der Waals surface area contributed by atoms with Gasteiger partial charge in [-0.15, -0.1) is 16.4 Å². The van der Waals surface area contributed by atoms with Crippen molar-refractivity contribution in [3.05, 3.63) is 26.9 Å². The Hall–Kier alpha value is -2.33. The SMILES string of the molecule is COC(=O)c1sc2ncn3nc(-c4nn(C)c(C)c4Br)nc3c2c1C. The highest BCUT2D eigenvalue weighted by atomic mass is 79.9.